The van der Waals surface area contributed by atoms with Gasteiger partial charge in [-0.1, -0.05) is 36.4 Å². The van der Waals surface area contributed by atoms with Crippen molar-refractivity contribution in [2.75, 3.05) is 6.54 Å². The summed E-state index contributed by atoms with van der Waals surface area (Å²) in [4.78, 5) is 15.5. The van der Waals surface area contributed by atoms with Gasteiger partial charge in [0.05, 0.1) is 12.0 Å². The Morgan fingerprint density at radius 1 is 1.32 bits per heavy atom. The average molecular weight is 299 g/mol. The van der Waals surface area contributed by atoms with E-state index >= 15 is 0 Å². The SMILES string of the molecule is NCC/C=C(/Cc1cn(CCc2ccccc2)cn1)C(=O)O. The van der Waals surface area contributed by atoms with Crippen LogP contribution < -0.4 is 5.73 Å². The highest BCUT2D eigenvalue weighted by Crippen LogP contribution is 2.09. The van der Waals surface area contributed by atoms with Crippen molar-refractivity contribution in [3.05, 3.63) is 65.8 Å². The number of aromatic nitrogens is 2. The second kappa shape index (κ2) is 8.14. The van der Waals surface area contributed by atoms with Crippen molar-refractivity contribution in [1.82, 2.24) is 9.55 Å². The van der Waals surface area contributed by atoms with Gasteiger partial charge in [0.25, 0.3) is 0 Å². The first kappa shape index (κ1) is 16.0. The third kappa shape index (κ3) is 4.86. The third-order valence-corrected chi connectivity index (χ3v) is 3.39. The van der Waals surface area contributed by atoms with Gasteiger partial charge in [0.15, 0.2) is 0 Å². The summed E-state index contributed by atoms with van der Waals surface area (Å²) in [6.07, 6.45) is 7.14. The highest BCUT2D eigenvalue weighted by Gasteiger charge is 2.10. The molecular formula is C17H21N3O2. The number of hydrogen-bond donors (Lipinski definition) is 2. The summed E-state index contributed by atoms with van der Waals surface area (Å²) in [6.45, 7) is 1.27. The lowest BCUT2D eigenvalue weighted by molar-refractivity contribution is -0.132. The van der Waals surface area contributed by atoms with E-state index in [1.54, 1.807) is 12.4 Å². The fraction of sp³-hybridized carbons (Fsp3) is 0.294. The minimum absolute atomic E-state index is 0.327. The first-order valence-corrected chi connectivity index (χ1v) is 7.36. The molecule has 116 valence electrons. The van der Waals surface area contributed by atoms with Gasteiger partial charge in [0.2, 0.25) is 0 Å². The number of nitrogens with two attached hydrogens (primary N) is 1. The highest BCUT2D eigenvalue weighted by molar-refractivity contribution is 5.86. The van der Waals surface area contributed by atoms with E-state index in [0.29, 0.717) is 25.0 Å². The minimum Gasteiger partial charge on any atom is -0.478 e. The number of aryl methyl sites for hydroxylation is 2. The topological polar surface area (TPSA) is 81.1 Å². The highest BCUT2D eigenvalue weighted by atomic mass is 16.4. The molecule has 3 N–H and O–H groups in total. The van der Waals surface area contributed by atoms with Crippen molar-refractivity contribution in [3.63, 3.8) is 0 Å². The molecule has 0 unspecified atom stereocenters. The van der Waals surface area contributed by atoms with E-state index in [1.165, 1.54) is 5.56 Å². The van der Waals surface area contributed by atoms with Gasteiger partial charge < -0.3 is 15.4 Å². The third-order valence-electron chi connectivity index (χ3n) is 3.39. The van der Waals surface area contributed by atoms with Crippen LogP contribution in [0.5, 0.6) is 0 Å². The zero-order valence-electron chi connectivity index (χ0n) is 12.5. The molecule has 5 heteroatoms. The molecule has 2 aromatic rings. The molecule has 0 bridgehead atoms. The molecule has 0 fully saturated rings. The van der Waals surface area contributed by atoms with E-state index < -0.39 is 5.97 Å². The monoisotopic (exact) mass is 299 g/mol. The van der Waals surface area contributed by atoms with Crippen molar-refractivity contribution in [3.8, 4) is 0 Å². The fourth-order valence-corrected chi connectivity index (χ4v) is 2.21. The Balaban J connectivity index is 1.94. The number of rotatable bonds is 8. The number of carboxylic acid groups (broad SMARTS) is 1. The van der Waals surface area contributed by atoms with Gasteiger partial charge in [-0.2, -0.15) is 0 Å². The molecule has 22 heavy (non-hydrogen) atoms. The zero-order chi connectivity index (χ0) is 15.8. The molecule has 1 heterocycles. The van der Waals surface area contributed by atoms with Crippen molar-refractivity contribution in [1.29, 1.82) is 0 Å². The molecule has 1 aromatic carbocycles. The molecule has 0 atom stereocenters. The Morgan fingerprint density at radius 3 is 2.77 bits per heavy atom. The minimum atomic E-state index is -0.910. The molecule has 2 rings (SSSR count). The fourth-order valence-electron chi connectivity index (χ4n) is 2.21. The first-order valence-electron chi connectivity index (χ1n) is 7.36. The summed E-state index contributed by atoms with van der Waals surface area (Å²) in [6, 6.07) is 10.2. The summed E-state index contributed by atoms with van der Waals surface area (Å²) in [7, 11) is 0. The van der Waals surface area contributed by atoms with Gasteiger partial charge in [-0.05, 0) is 24.9 Å². The van der Waals surface area contributed by atoms with E-state index in [-0.39, 0.29) is 0 Å². The molecule has 1 aromatic heterocycles. The Bertz CT molecular complexity index is 632. The van der Waals surface area contributed by atoms with E-state index in [9.17, 15) is 9.90 Å². The van der Waals surface area contributed by atoms with Crippen molar-refractivity contribution >= 4 is 5.97 Å². The quantitative estimate of drug-likeness (QED) is 0.731. The Hall–Kier alpha value is -2.40. The Morgan fingerprint density at radius 2 is 2.09 bits per heavy atom. The smallest absolute Gasteiger partial charge is 0.331 e. The van der Waals surface area contributed by atoms with Gasteiger partial charge >= 0.3 is 5.97 Å². The first-order chi connectivity index (χ1) is 10.7. The maximum absolute atomic E-state index is 11.2. The van der Waals surface area contributed by atoms with E-state index in [2.05, 4.69) is 17.1 Å². The van der Waals surface area contributed by atoms with Crippen LogP contribution in [0.15, 0.2) is 54.5 Å². The molecule has 0 aliphatic heterocycles. The molecular weight excluding hydrogens is 278 g/mol. The van der Waals surface area contributed by atoms with E-state index in [4.69, 9.17) is 5.73 Å². The number of carboxylic acids is 1. The van der Waals surface area contributed by atoms with Gasteiger partial charge in [0, 0.05) is 24.7 Å². The normalized spacial score (nSPS) is 11.6. The lowest BCUT2D eigenvalue weighted by Crippen LogP contribution is -2.06. The van der Waals surface area contributed by atoms with Gasteiger partial charge in [-0.15, -0.1) is 0 Å². The number of carbonyl (C=O) groups is 1. The van der Waals surface area contributed by atoms with Gasteiger partial charge in [0.1, 0.15) is 0 Å². The van der Waals surface area contributed by atoms with E-state index in [0.717, 1.165) is 18.7 Å². The van der Waals surface area contributed by atoms with Gasteiger partial charge in [-0.3, -0.25) is 0 Å². The van der Waals surface area contributed by atoms with Gasteiger partial charge in [-0.25, -0.2) is 9.78 Å². The largest absolute Gasteiger partial charge is 0.478 e. The van der Waals surface area contributed by atoms with Crippen LogP contribution in [0.2, 0.25) is 0 Å². The van der Waals surface area contributed by atoms with Crippen molar-refractivity contribution in [2.24, 2.45) is 5.73 Å². The molecule has 0 amide bonds. The number of nitrogens with zero attached hydrogens (tertiary/aromatic N) is 2. The summed E-state index contributed by atoms with van der Waals surface area (Å²) in [5.41, 5.74) is 7.79. The molecule has 0 aliphatic carbocycles. The summed E-state index contributed by atoms with van der Waals surface area (Å²) in [5, 5.41) is 9.18. The van der Waals surface area contributed by atoms with Crippen LogP contribution in [0.1, 0.15) is 17.7 Å². The molecule has 5 nitrogen and oxygen atoms in total. The van der Waals surface area contributed by atoms with Crippen LogP contribution in [-0.4, -0.2) is 27.2 Å². The number of aliphatic carboxylic acids is 1. The number of benzene rings is 1. The van der Waals surface area contributed by atoms with Crippen LogP contribution >= 0.6 is 0 Å². The molecule has 0 saturated heterocycles. The van der Waals surface area contributed by atoms with Crippen molar-refractivity contribution in [2.45, 2.75) is 25.8 Å². The predicted octanol–water partition coefficient (Wildman–Crippen LogP) is 2.03. The lowest BCUT2D eigenvalue weighted by Gasteiger charge is -2.02. The Kier molecular flexibility index (Phi) is 5.91. The van der Waals surface area contributed by atoms with Crippen LogP contribution in [0.3, 0.4) is 0 Å². The number of imidazole rings is 1. The summed E-state index contributed by atoms with van der Waals surface area (Å²) >= 11 is 0. The second-order valence-corrected chi connectivity index (χ2v) is 5.13. The molecule has 0 saturated carbocycles. The lowest BCUT2D eigenvalue weighted by atomic mass is 10.1. The maximum atomic E-state index is 11.2. The molecule has 0 aliphatic rings. The number of hydrogen-bond acceptors (Lipinski definition) is 3. The summed E-state index contributed by atoms with van der Waals surface area (Å²) in [5.74, 6) is -0.910. The Labute approximate surface area is 130 Å². The maximum Gasteiger partial charge on any atom is 0.331 e. The zero-order valence-corrected chi connectivity index (χ0v) is 12.5. The van der Waals surface area contributed by atoms with E-state index in [1.807, 2.05) is 29.0 Å². The predicted molar refractivity (Wildman–Crippen MR) is 85.5 cm³/mol. The van der Waals surface area contributed by atoms with Crippen LogP contribution in [-0.2, 0) is 24.2 Å². The summed E-state index contributed by atoms with van der Waals surface area (Å²) < 4.78 is 1.99. The van der Waals surface area contributed by atoms with Crippen LogP contribution in [0.4, 0.5) is 0 Å². The standard InChI is InChI=1S/C17H21N3O2/c18-9-4-7-15(17(21)22)11-16-12-20(13-19-16)10-8-14-5-2-1-3-6-14/h1-3,5-7,12-13H,4,8-11,18H2,(H,21,22)/b15-7-. The molecule has 0 radical (unpaired) electrons. The second-order valence-electron chi connectivity index (χ2n) is 5.13. The molecule has 0 spiro atoms. The van der Waals surface area contributed by atoms with Crippen molar-refractivity contribution < 1.29 is 9.90 Å². The van der Waals surface area contributed by atoms with Crippen LogP contribution in [0, 0.1) is 0 Å². The average Bonchev–Trinajstić information content (AvgIpc) is 2.98. The van der Waals surface area contributed by atoms with Crippen LogP contribution in [0.25, 0.3) is 0 Å².